The quantitative estimate of drug-likeness (QED) is 0.794. The van der Waals surface area contributed by atoms with Gasteiger partial charge in [-0.2, -0.15) is 4.98 Å². The topological polar surface area (TPSA) is 76.7 Å². The van der Waals surface area contributed by atoms with E-state index >= 15 is 0 Å². The lowest BCUT2D eigenvalue weighted by atomic mass is 10.2. The predicted molar refractivity (Wildman–Crippen MR) is 80.2 cm³/mol. The van der Waals surface area contributed by atoms with E-state index in [9.17, 15) is 0 Å². The van der Waals surface area contributed by atoms with Crippen LogP contribution in [0.15, 0.2) is 29.0 Å². The second kappa shape index (κ2) is 5.65. The first-order chi connectivity index (χ1) is 10.2. The molecule has 1 unspecified atom stereocenters. The molecule has 2 aromatic heterocycles. The molecule has 0 saturated heterocycles. The van der Waals surface area contributed by atoms with Gasteiger partial charge in [-0.15, -0.1) is 0 Å². The van der Waals surface area contributed by atoms with E-state index in [1.165, 1.54) is 6.33 Å². The molecule has 1 N–H and O–H groups in total. The van der Waals surface area contributed by atoms with Crippen LogP contribution in [0.1, 0.15) is 31.1 Å². The van der Waals surface area contributed by atoms with Crippen LogP contribution in [0.4, 0.5) is 5.82 Å². The molecule has 0 fully saturated rings. The van der Waals surface area contributed by atoms with Crippen molar-refractivity contribution in [1.29, 1.82) is 0 Å². The Kier molecular flexibility index (Phi) is 3.70. The van der Waals surface area contributed by atoms with Crippen molar-refractivity contribution in [1.82, 2.24) is 20.1 Å². The summed E-state index contributed by atoms with van der Waals surface area (Å²) in [5, 5.41) is 8.86. The van der Waals surface area contributed by atoms with E-state index in [4.69, 9.17) is 16.1 Å². The van der Waals surface area contributed by atoms with E-state index in [0.717, 1.165) is 23.1 Å². The minimum Gasteiger partial charge on any atom is -0.359 e. The first-order valence-electron chi connectivity index (χ1n) is 6.64. The van der Waals surface area contributed by atoms with Gasteiger partial charge < -0.3 is 9.84 Å². The summed E-state index contributed by atoms with van der Waals surface area (Å²) in [6, 6.07) is 5.45. The highest BCUT2D eigenvalue weighted by Gasteiger charge is 2.17. The van der Waals surface area contributed by atoms with Crippen LogP contribution < -0.4 is 5.32 Å². The number of halogens is 1. The highest BCUT2D eigenvalue weighted by atomic mass is 35.5. The van der Waals surface area contributed by atoms with Crippen molar-refractivity contribution in [3.05, 3.63) is 41.3 Å². The lowest BCUT2D eigenvalue weighted by molar-refractivity contribution is 0.384. The van der Waals surface area contributed by atoms with E-state index in [1.54, 1.807) is 6.92 Å². The lowest BCUT2D eigenvalue weighted by Crippen LogP contribution is -2.13. The van der Waals surface area contributed by atoms with Crippen molar-refractivity contribution in [2.45, 2.75) is 26.3 Å². The molecule has 3 aromatic rings. The number of fused-ring (bicyclic) bond motifs is 1. The molecule has 0 amide bonds. The number of anilines is 1. The summed E-state index contributed by atoms with van der Waals surface area (Å²) in [7, 11) is 0. The third-order valence-corrected chi connectivity index (χ3v) is 3.41. The van der Waals surface area contributed by atoms with Crippen LogP contribution in [0.5, 0.6) is 0 Å². The number of benzene rings is 1. The van der Waals surface area contributed by atoms with E-state index < -0.39 is 0 Å². The molecule has 0 aliphatic rings. The summed E-state index contributed by atoms with van der Waals surface area (Å²) in [5.74, 6) is 1.89. The Bertz CT molecular complexity index is 773. The highest BCUT2D eigenvalue weighted by Crippen LogP contribution is 2.26. The molecule has 0 bridgehead atoms. The van der Waals surface area contributed by atoms with Gasteiger partial charge in [-0.1, -0.05) is 23.7 Å². The van der Waals surface area contributed by atoms with Crippen molar-refractivity contribution in [2.75, 3.05) is 5.32 Å². The van der Waals surface area contributed by atoms with Crippen LogP contribution in [0.3, 0.4) is 0 Å². The van der Waals surface area contributed by atoms with Crippen molar-refractivity contribution in [2.24, 2.45) is 0 Å². The summed E-state index contributed by atoms with van der Waals surface area (Å²) in [5.41, 5.74) is 0.791. The Morgan fingerprint density at radius 3 is 2.90 bits per heavy atom. The summed E-state index contributed by atoms with van der Waals surface area (Å²) < 4.78 is 5.04. The average molecular weight is 304 g/mol. The fraction of sp³-hybridized carbons (Fsp3) is 0.286. The molecule has 2 heterocycles. The van der Waals surface area contributed by atoms with Gasteiger partial charge in [0.05, 0.1) is 11.6 Å². The van der Waals surface area contributed by atoms with Gasteiger partial charge in [0.2, 0.25) is 5.89 Å². The molecule has 0 radical (unpaired) electrons. The number of aromatic nitrogens is 4. The van der Waals surface area contributed by atoms with Crippen molar-refractivity contribution < 1.29 is 4.52 Å². The normalized spacial score (nSPS) is 12.5. The second-order valence-corrected chi connectivity index (χ2v) is 5.10. The Hall–Kier alpha value is -2.21. The Labute approximate surface area is 126 Å². The number of aryl methyl sites for hydroxylation is 1. The molecule has 108 valence electrons. The van der Waals surface area contributed by atoms with Crippen LogP contribution in [-0.2, 0) is 0 Å². The molecular formula is C14H14ClN5O. The summed E-state index contributed by atoms with van der Waals surface area (Å²) in [6.45, 7) is 3.81. The van der Waals surface area contributed by atoms with Crippen LogP contribution in [0, 0.1) is 6.92 Å². The SMILES string of the molecule is CCC(Nc1ncnc2cc(Cl)ccc12)c1noc(C)n1. The van der Waals surface area contributed by atoms with Crippen molar-refractivity contribution >= 4 is 28.3 Å². The Morgan fingerprint density at radius 1 is 1.33 bits per heavy atom. The number of nitrogens with one attached hydrogen (secondary N) is 1. The zero-order valence-electron chi connectivity index (χ0n) is 11.7. The van der Waals surface area contributed by atoms with Gasteiger partial charge in [0.25, 0.3) is 0 Å². The summed E-state index contributed by atoms with van der Waals surface area (Å²) >= 11 is 5.99. The maximum Gasteiger partial charge on any atom is 0.223 e. The minimum absolute atomic E-state index is 0.0729. The maximum absolute atomic E-state index is 5.99. The van der Waals surface area contributed by atoms with Gasteiger partial charge >= 0.3 is 0 Å². The highest BCUT2D eigenvalue weighted by molar-refractivity contribution is 6.31. The number of nitrogens with zero attached hydrogens (tertiary/aromatic N) is 4. The Morgan fingerprint density at radius 2 is 2.19 bits per heavy atom. The molecular weight excluding hydrogens is 290 g/mol. The number of rotatable bonds is 4. The van der Waals surface area contributed by atoms with Crippen LogP contribution >= 0.6 is 11.6 Å². The maximum atomic E-state index is 5.99. The smallest absolute Gasteiger partial charge is 0.223 e. The van der Waals surface area contributed by atoms with Crippen LogP contribution in [0.2, 0.25) is 5.02 Å². The molecule has 6 nitrogen and oxygen atoms in total. The first kappa shape index (κ1) is 13.8. The van der Waals surface area contributed by atoms with Gasteiger partial charge in [-0.3, -0.25) is 0 Å². The second-order valence-electron chi connectivity index (χ2n) is 4.66. The summed E-state index contributed by atoms with van der Waals surface area (Å²) in [4.78, 5) is 12.8. The minimum atomic E-state index is -0.0729. The Balaban J connectivity index is 1.96. The van der Waals surface area contributed by atoms with Gasteiger partial charge in [0, 0.05) is 17.3 Å². The molecule has 0 aliphatic heterocycles. The monoisotopic (exact) mass is 303 g/mol. The summed E-state index contributed by atoms with van der Waals surface area (Å²) in [6.07, 6.45) is 2.31. The average Bonchev–Trinajstić information content (AvgIpc) is 2.90. The van der Waals surface area contributed by atoms with E-state index in [2.05, 4.69) is 25.4 Å². The first-order valence-corrected chi connectivity index (χ1v) is 7.02. The van der Waals surface area contributed by atoms with Gasteiger partial charge in [0.1, 0.15) is 12.1 Å². The van der Waals surface area contributed by atoms with E-state index in [0.29, 0.717) is 16.7 Å². The molecule has 0 saturated carbocycles. The van der Waals surface area contributed by atoms with Crippen molar-refractivity contribution in [3.8, 4) is 0 Å². The zero-order valence-corrected chi connectivity index (χ0v) is 12.4. The van der Waals surface area contributed by atoms with E-state index in [1.807, 2.05) is 25.1 Å². The van der Waals surface area contributed by atoms with Crippen LogP contribution in [-0.4, -0.2) is 20.1 Å². The number of hydrogen-bond acceptors (Lipinski definition) is 6. The molecule has 1 atom stereocenters. The van der Waals surface area contributed by atoms with Gasteiger partial charge in [0.15, 0.2) is 5.82 Å². The van der Waals surface area contributed by atoms with Gasteiger partial charge in [-0.25, -0.2) is 9.97 Å². The molecule has 7 heteroatoms. The largest absolute Gasteiger partial charge is 0.359 e. The zero-order chi connectivity index (χ0) is 14.8. The molecule has 0 aliphatic carbocycles. The fourth-order valence-corrected chi connectivity index (χ4v) is 2.28. The third-order valence-electron chi connectivity index (χ3n) is 3.17. The molecule has 0 spiro atoms. The molecule has 21 heavy (non-hydrogen) atoms. The van der Waals surface area contributed by atoms with Gasteiger partial charge in [-0.05, 0) is 24.6 Å². The standard InChI is InChI=1S/C14H14ClN5O/c1-3-11(14-18-8(2)21-20-14)19-13-10-5-4-9(15)6-12(10)16-7-17-13/h4-7,11H,3H2,1-2H3,(H,16,17,19). The number of hydrogen-bond donors (Lipinski definition) is 1. The molecule has 1 aromatic carbocycles. The van der Waals surface area contributed by atoms with Crippen molar-refractivity contribution in [3.63, 3.8) is 0 Å². The van der Waals surface area contributed by atoms with Crippen LogP contribution in [0.25, 0.3) is 10.9 Å². The fourth-order valence-electron chi connectivity index (χ4n) is 2.12. The predicted octanol–water partition coefficient (Wildman–Crippen LogP) is 3.54. The molecule has 3 rings (SSSR count). The third kappa shape index (κ3) is 2.80. The van der Waals surface area contributed by atoms with E-state index in [-0.39, 0.29) is 6.04 Å². The lowest BCUT2D eigenvalue weighted by Gasteiger charge is -2.15.